The van der Waals surface area contributed by atoms with Crippen molar-refractivity contribution in [1.29, 1.82) is 5.26 Å². The first-order valence-corrected chi connectivity index (χ1v) is 4.35. The SMILES string of the molecule is CCOC(=O)NN=NN(C#N)C(=O)OCC. The van der Waals surface area contributed by atoms with Crippen LogP contribution in [0.4, 0.5) is 9.59 Å². The lowest BCUT2D eigenvalue weighted by Gasteiger charge is -2.04. The number of amides is 2. The van der Waals surface area contributed by atoms with E-state index in [1.54, 1.807) is 13.8 Å². The standard InChI is InChI=1S/C7H11N5O4/c1-3-15-6(13)9-10-11-12(5-8)7(14)16-4-2/h3-4H2,1-2H3,(H,9,11,13). The summed E-state index contributed by atoms with van der Waals surface area (Å²) >= 11 is 0. The lowest BCUT2D eigenvalue weighted by atomic mass is 10.8. The first-order valence-electron chi connectivity index (χ1n) is 4.35. The molecule has 0 aliphatic carbocycles. The minimum atomic E-state index is -0.987. The molecule has 2 amide bonds. The van der Waals surface area contributed by atoms with Crippen molar-refractivity contribution in [2.75, 3.05) is 13.2 Å². The Bertz CT molecular complexity index is 310. The molecule has 88 valence electrons. The zero-order chi connectivity index (χ0) is 12.4. The van der Waals surface area contributed by atoms with Crippen LogP contribution >= 0.6 is 0 Å². The maximum absolute atomic E-state index is 11.0. The number of rotatable bonds is 4. The van der Waals surface area contributed by atoms with Crippen molar-refractivity contribution >= 4 is 12.2 Å². The second kappa shape index (κ2) is 7.98. The number of nitrogens with one attached hydrogen (secondary N) is 1. The molecule has 16 heavy (non-hydrogen) atoms. The Morgan fingerprint density at radius 2 is 2.00 bits per heavy atom. The number of nitriles is 1. The highest BCUT2D eigenvalue weighted by Crippen LogP contribution is 1.93. The van der Waals surface area contributed by atoms with Gasteiger partial charge in [0.25, 0.3) is 0 Å². The molecular weight excluding hydrogens is 218 g/mol. The van der Waals surface area contributed by atoms with Crippen molar-refractivity contribution in [3.8, 4) is 6.19 Å². The van der Waals surface area contributed by atoms with Crippen LogP contribution in [0, 0.1) is 11.5 Å². The molecule has 0 saturated heterocycles. The highest BCUT2D eigenvalue weighted by Gasteiger charge is 2.13. The molecule has 0 rings (SSSR count). The van der Waals surface area contributed by atoms with Gasteiger partial charge in [0.15, 0.2) is 0 Å². The van der Waals surface area contributed by atoms with Gasteiger partial charge in [-0.1, -0.05) is 5.01 Å². The summed E-state index contributed by atoms with van der Waals surface area (Å²) in [7, 11) is 0. The Balaban J connectivity index is 4.13. The molecule has 0 unspecified atom stereocenters. The predicted molar refractivity (Wildman–Crippen MR) is 49.5 cm³/mol. The maximum atomic E-state index is 11.0. The third kappa shape index (κ3) is 5.38. The third-order valence-electron chi connectivity index (χ3n) is 1.09. The van der Waals surface area contributed by atoms with Gasteiger partial charge >= 0.3 is 12.2 Å². The van der Waals surface area contributed by atoms with Crippen molar-refractivity contribution in [3.63, 3.8) is 0 Å². The Hall–Kier alpha value is -2.37. The largest absolute Gasteiger partial charge is 0.449 e. The lowest BCUT2D eigenvalue weighted by molar-refractivity contribution is 0.121. The molecule has 0 saturated carbocycles. The van der Waals surface area contributed by atoms with E-state index in [1.807, 2.05) is 5.43 Å². The smallest absolute Gasteiger partial charge is 0.446 e. The van der Waals surface area contributed by atoms with E-state index in [0.29, 0.717) is 0 Å². The lowest BCUT2D eigenvalue weighted by Crippen LogP contribution is -2.23. The first-order chi connectivity index (χ1) is 7.65. The number of ether oxygens (including phenoxy) is 2. The molecule has 1 N–H and O–H groups in total. The summed E-state index contributed by atoms with van der Waals surface area (Å²) in [5, 5.41) is 14.9. The molecule has 0 spiro atoms. The van der Waals surface area contributed by atoms with E-state index in [0.717, 1.165) is 0 Å². The van der Waals surface area contributed by atoms with Gasteiger partial charge in [-0.3, -0.25) is 0 Å². The van der Waals surface area contributed by atoms with Gasteiger partial charge < -0.3 is 9.47 Å². The maximum Gasteiger partial charge on any atom is 0.446 e. The van der Waals surface area contributed by atoms with Crippen LogP contribution in [0.25, 0.3) is 0 Å². The average molecular weight is 229 g/mol. The fraction of sp³-hybridized carbons (Fsp3) is 0.571. The number of carbonyl (C=O) groups is 2. The Kier molecular flexibility index (Phi) is 6.80. The zero-order valence-electron chi connectivity index (χ0n) is 8.84. The van der Waals surface area contributed by atoms with E-state index < -0.39 is 12.2 Å². The summed E-state index contributed by atoms with van der Waals surface area (Å²) in [6, 6.07) is 0. The minimum absolute atomic E-state index is 0.0951. The van der Waals surface area contributed by atoms with Crippen molar-refractivity contribution in [2.45, 2.75) is 13.8 Å². The number of hydrogen-bond acceptors (Lipinski definition) is 7. The van der Waals surface area contributed by atoms with Crippen LogP contribution in [0.15, 0.2) is 10.4 Å². The second-order valence-electron chi connectivity index (χ2n) is 2.13. The van der Waals surface area contributed by atoms with E-state index in [-0.39, 0.29) is 18.2 Å². The molecule has 0 aliphatic heterocycles. The van der Waals surface area contributed by atoms with Crippen molar-refractivity contribution < 1.29 is 19.1 Å². The molecule has 9 nitrogen and oxygen atoms in total. The van der Waals surface area contributed by atoms with Gasteiger partial charge in [-0.15, -0.1) is 0 Å². The van der Waals surface area contributed by atoms with Crippen LogP contribution in [0.3, 0.4) is 0 Å². The monoisotopic (exact) mass is 229 g/mol. The van der Waals surface area contributed by atoms with Crippen molar-refractivity contribution in [3.05, 3.63) is 0 Å². The van der Waals surface area contributed by atoms with E-state index in [9.17, 15) is 9.59 Å². The van der Waals surface area contributed by atoms with Crippen LogP contribution in [0.5, 0.6) is 0 Å². The molecule has 0 heterocycles. The molecule has 0 fully saturated rings. The van der Waals surface area contributed by atoms with Crippen LogP contribution in [-0.2, 0) is 9.47 Å². The van der Waals surface area contributed by atoms with Gasteiger partial charge in [0.2, 0.25) is 6.19 Å². The van der Waals surface area contributed by atoms with Crippen molar-refractivity contribution in [1.82, 2.24) is 10.4 Å². The predicted octanol–water partition coefficient (Wildman–Crippen LogP) is 0.954. The molecule has 0 radical (unpaired) electrons. The normalized spacial score (nSPS) is 9.31. The molecule has 0 atom stereocenters. The summed E-state index contributed by atoms with van der Waals surface area (Å²) in [6.45, 7) is 3.44. The van der Waals surface area contributed by atoms with E-state index in [2.05, 4.69) is 19.9 Å². The zero-order valence-corrected chi connectivity index (χ0v) is 8.84. The quantitative estimate of drug-likeness (QED) is 0.333. The van der Waals surface area contributed by atoms with Gasteiger partial charge in [0.1, 0.15) is 0 Å². The molecule has 9 heteroatoms. The summed E-state index contributed by atoms with van der Waals surface area (Å²) < 4.78 is 8.91. The van der Waals surface area contributed by atoms with Crippen molar-refractivity contribution in [2.24, 2.45) is 10.4 Å². The van der Waals surface area contributed by atoms with Crippen LogP contribution in [0.2, 0.25) is 0 Å². The van der Waals surface area contributed by atoms with E-state index >= 15 is 0 Å². The van der Waals surface area contributed by atoms with Gasteiger partial charge in [-0.25, -0.2) is 9.59 Å². The number of nitrogens with zero attached hydrogens (tertiary/aromatic N) is 4. The summed E-state index contributed by atoms with van der Waals surface area (Å²) in [5.74, 6) is 0. The molecule has 0 aromatic carbocycles. The number of hydrogen-bond donors (Lipinski definition) is 1. The van der Waals surface area contributed by atoms with E-state index in [4.69, 9.17) is 5.26 Å². The average Bonchev–Trinajstić information content (AvgIpc) is 2.25. The number of carbonyl (C=O) groups excluding carboxylic acids is 2. The Morgan fingerprint density at radius 1 is 1.38 bits per heavy atom. The minimum Gasteiger partial charge on any atom is -0.449 e. The highest BCUT2D eigenvalue weighted by molar-refractivity contribution is 5.69. The third-order valence-corrected chi connectivity index (χ3v) is 1.09. The molecule has 0 aromatic heterocycles. The fourth-order valence-electron chi connectivity index (χ4n) is 0.553. The summed E-state index contributed by atoms with van der Waals surface area (Å²) in [6.07, 6.45) is -0.428. The van der Waals surface area contributed by atoms with Gasteiger partial charge in [0, 0.05) is 0 Å². The Morgan fingerprint density at radius 3 is 2.50 bits per heavy atom. The van der Waals surface area contributed by atoms with Gasteiger partial charge in [-0.05, 0) is 24.3 Å². The molecule has 0 aromatic rings. The fourth-order valence-corrected chi connectivity index (χ4v) is 0.553. The summed E-state index contributed by atoms with van der Waals surface area (Å²) in [4.78, 5) is 21.7. The molecular formula is C7H11N5O4. The summed E-state index contributed by atoms with van der Waals surface area (Å²) in [5.41, 5.74) is 1.84. The van der Waals surface area contributed by atoms with Crippen LogP contribution in [-0.4, -0.2) is 30.4 Å². The topological polar surface area (TPSA) is 116 Å². The van der Waals surface area contributed by atoms with Crippen LogP contribution < -0.4 is 5.43 Å². The molecule has 0 bridgehead atoms. The van der Waals surface area contributed by atoms with Gasteiger partial charge in [0.05, 0.1) is 13.2 Å². The first kappa shape index (κ1) is 13.6. The van der Waals surface area contributed by atoms with Gasteiger partial charge in [-0.2, -0.15) is 10.7 Å². The highest BCUT2D eigenvalue weighted by atomic mass is 16.6. The van der Waals surface area contributed by atoms with E-state index in [1.165, 1.54) is 6.19 Å². The molecule has 0 aliphatic rings. The Labute approximate surface area is 91.6 Å². The second-order valence-corrected chi connectivity index (χ2v) is 2.13. The van der Waals surface area contributed by atoms with Crippen LogP contribution in [0.1, 0.15) is 13.8 Å².